The van der Waals surface area contributed by atoms with Crippen LogP contribution in [0.4, 0.5) is 0 Å². The zero-order valence-corrected chi connectivity index (χ0v) is 10.8. The summed E-state index contributed by atoms with van der Waals surface area (Å²) >= 11 is 0. The summed E-state index contributed by atoms with van der Waals surface area (Å²) in [5.41, 5.74) is 0. The Labute approximate surface area is 95.4 Å². The summed E-state index contributed by atoms with van der Waals surface area (Å²) in [7, 11) is 0. The van der Waals surface area contributed by atoms with Gasteiger partial charge in [-0.05, 0) is 25.3 Å². The fraction of sp³-hybridized carbons (Fsp3) is 1.00. The summed E-state index contributed by atoms with van der Waals surface area (Å²) < 4.78 is 0. The quantitative estimate of drug-likeness (QED) is 0.652. The van der Waals surface area contributed by atoms with Crippen LogP contribution in [-0.2, 0) is 0 Å². The van der Waals surface area contributed by atoms with E-state index in [4.69, 9.17) is 0 Å². The predicted octanol–water partition coefficient (Wildman–Crippen LogP) is 2.50. The van der Waals surface area contributed by atoms with E-state index in [0.717, 1.165) is 25.0 Å². The second-order valence-electron chi connectivity index (χ2n) is 5.18. The van der Waals surface area contributed by atoms with Crippen LogP contribution in [-0.4, -0.2) is 37.1 Å². The van der Waals surface area contributed by atoms with Gasteiger partial charge in [0.2, 0.25) is 0 Å². The molecule has 0 spiro atoms. The molecule has 1 fully saturated rings. The normalized spacial score (nSPS) is 18.2. The summed E-state index contributed by atoms with van der Waals surface area (Å²) in [5, 5.41) is 3.43. The molecule has 2 heteroatoms. The molecule has 0 atom stereocenters. The van der Waals surface area contributed by atoms with Gasteiger partial charge in [0.05, 0.1) is 0 Å². The van der Waals surface area contributed by atoms with Crippen LogP contribution in [0.2, 0.25) is 0 Å². The van der Waals surface area contributed by atoms with Crippen molar-refractivity contribution in [1.29, 1.82) is 0 Å². The lowest BCUT2D eigenvalue weighted by Crippen LogP contribution is -2.40. The highest BCUT2D eigenvalue weighted by molar-refractivity contribution is 4.78. The van der Waals surface area contributed by atoms with Crippen LogP contribution in [0.25, 0.3) is 0 Å². The molecule has 0 aliphatic heterocycles. The average Bonchev–Trinajstić information content (AvgIpc) is 2.68. The van der Waals surface area contributed by atoms with E-state index in [1.165, 1.54) is 38.8 Å². The van der Waals surface area contributed by atoms with E-state index in [-0.39, 0.29) is 0 Å². The van der Waals surface area contributed by atoms with Crippen LogP contribution in [0.15, 0.2) is 0 Å². The van der Waals surface area contributed by atoms with Gasteiger partial charge in [0.25, 0.3) is 0 Å². The summed E-state index contributed by atoms with van der Waals surface area (Å²) in [6, 6.07) is 0.881. The number of hydrogen-bond donors (Lipinski definition) is 1. The van der Waals surface area contributed by atoms with E-state index in [9.17, 15) is 0 Å². The molecule has 2 nitrogen and oxygen atoms in total. The minimum atomic E-state index is 0.798. The third kappa shape index (κ3) is 4.98. The molecule has 0 aromatic heterocycles. The van der Waals surface area contributed by atoms with Gasteiger partial charge < -0.3 is 5.32 Å². The van der Waals surface area contributed by atoms with Crippen molar-refractivity contribution in [2.24, 2.45) is 5.92 Å². The van der Waals surface area contributed by atoms with Gasteiger partial charge in [0, 0.05) is 25.7 Å². The summed E-state index contributed by atoms with van der Waals surface area (Å²) in [6.07, 6.45) is 5.75. The largest absolute Gasteiger partial charge is 0.316 e. The Bertz CT molecular complexity index is 151. The molecule has 0 bridgehead atoms. The molecular weight excluding hydrogens is 184 g/mol. The van der Waals surface area contributed by atoms with Gasteiger partial charge in [-0.3, -0.25) is 4.90 Å². The zero-order valence-electron chi connectivity index (χ0n) is 10.8. The van der Waals surface area contributed by atoms with Crippen molar-refractivity contribution in [3.8, 4) is 0 Å². The van der Waals surface area contributed by atoms with E-state index in [2.05, 4.69) is 31.0 Å². The van der Waals surface area contributed by atoms with Gasteiger partial charge in [-0.25, -0.2) is 0 Å². The molecule has 0 unspecified atom stereocenters. The highest BCUT2D eigenvalue weighted by Gasteiger charge is 2.22. The van der Waals surface area contributed by atoms with Gasteiger partial charge in [-0.15, -0.1) is 0 Å². The summed E-state index contributed by atoms with van der Waals surface area (Å²) in [5.74, 6) is 0.798. The van der Waals surface area contributed by atoms with E-state index in [1.54, 1.807) is 0 Å². The highest BCUT2D eigenvalue weighted by Crippen LogP contribution is 2.23. The van der Waals surface area contributed by atoms with Crippen LogP contribution < -0.4 is 5.32 Å². The monoisotopic (exact) mass is 212 g/mol. The Morgan fingerprint density at radius 3 is 2.47 bits per heavy atom. The van der Waals surface area contributed by atoms with E-state index >= 15 is 0 Å². The van der Waals surface area contributed by atoms with Crippen molar-refractivity contribution >= 4 is 0 Å². The van der Waals surface area contributed by atoms with Crippen LogP contribution in [0.1, 0.15) is 46.5 Å². The molecule has 15 heavy (non-hydrogen) atoms. The third-order valence-electron chi connectivity index (χ3n) is 3.27. The molecule has 0 aromatic carbocycles. The second kappa shape index (κ2) is 7.24. The standard InChI is InChI=1S/C13H28N2/c1-4-14-9-10-15(11-12(2)3)13-7-5-6-8-13/h12-14H,4-11H2,1-3H3. The Balaban J connectivity index is 2.30. The van der Waals surface area contributed by atoms with E-state index in [0.29, 0.717) is 0 Å². The van der Waals surface area contributed by atoms with Crippen molar-refractivity contribution in [1.82, 2.24) is 10.2 Å². The van der Waals surface area contributed by atoms with E-state index in [1.807, 2.05) is 0 Å². The van der Waals surface area contributed by atoms with Crippen LogP contribution >= 0.6 is 0 Å². The number of rotatable bonds is 7. The van der Waals surface area contributed by atoms with Gasteiger partial charge >= 0.3 is 0 Å². The second-order valence-corrected chi connectivity index (χ2v) is 5.18. The fourth-order valence-electron chi connectivity index (χ4n) is 2.56. The fourth-order valence-corrected chi connectivity index (χ4v) is 2.56. The Hall–Kier alpha value is -0.0800. The zero-order chi connectivity index (χ0) is 11.1. The third-order valence-corrected chi connectivity index (χ3v) is 3.27. The molecule has 0 radical (unpaired) electrons. The van der Waals surface area contributed by atoms with Crippen molar-refractivity contribution in [3.05, 3.63) is 0 Å². The van der Waals surface area contributed by atoms with Crippen LogP contribution in [0.3, 0.4) is 0 Å². The lowest BCUT2D eigenvalue weighted by Gasteiger charge is -2.30. The minimum absolute atomic E-state index is 0.798. The average molecular weight is 212 g/mol. The lowest BCUT2D eigenvalue weighted by atomic mass is 10.1. The molecule has 0 heterocycles. The molecule has 1 rings (SSSR count). The molecule has 0 saturated heterocycles. The van der Waals surface area contributed by atoms with Crippen LogP contribution in [0, 0.1) is 5.92 Å². The van der Waals surface area contributed by atoms with Gasteiger partial charge in [-0.1, -0.05) is 33.6 Å². The SMILES string of the molecule is CCNCCN(CC(C)C)C1CCCC1. The molecular formula is C13H28N2. The molecule has 1 saturated carbocycles. The molecule has 90 valence electrons. The van der Waals surface area contributed by atoms with Gasteiger partial charge in [-0.2, -0.15) is 0 Å². The van der Waals surface area contributed by atoms with Crippen LogP contribution in [0.5, 0.6) is 0 Å². The molecule has 1 aliphatic carbocycles. The first-order valence-corrected chi connectivity index (χ1v) is 6.68. The number of nitrogens with one attached hydrogen (secondary N) is 1. The molecule has 0 aromatic rings. The van der Waals surface area contributed by atoms with E-state index < -0.39 is 0 Å². The smallest absolute Gasteiger partial charge is 0.0110 e. The van der Waals surface area contributed by atoms with Gasteiger partial charge in [0.15, 0.2) is 0 Å². The Kier molecular flexibility index (Phi) is 6.26. The molecule has 1 aliphatic rings. The highest BCUT2D eigenvalue weighted by atomic mass is 15.2. The first-order valence-electron chi connectivity index (χ1n) is 6.68. The van der Waals surface area contributed by atoms with Gasteiger partial charge in [0.1, 0.15) is 0 Å². The summed E-state index contributed by atoms with van der Waals surface area (Å²) in [4.78, 5) is 2.71. The summed E-state index contributed by atoms with van der Waals surface area (Å²) in [6.45, 7) is 11.6. The maximum absolute atomic E-state index is 3.43. The van der Waals surface area contributed by atoms with Crippen molar-refractivity contribution in [3.63, 3.8) is 0 Å². The number of nitrogens with zero attached hydrogens (tertiary/aromatic N) is 1. The molecule has 1 N–H and O–H groups in total. The Morgan fingerprint density at radius 2 is 1.93 bits per heavy atom. The minimum Gasteiger partial charge on any atom is -0.316 e. The number of hydrogen-bond acceptors (Lipinski definition) is 2. The van der Waals surface area contributed by atoms with Crippen molar-refractivity contribution in [2.75, 3.05) is 26.2 Å². The lowest BCUT2D eigenvalue weighted by molar-refractivity contribution is 0.178. The first-order chi connectivity index (χ1) is 7.24. The molecule has 0 amide bonds. The topological polar surface area (TPSA) is 15.3 Å². The number of likely N-dealkylation sites (N-methyl/N-ethyl adjacent to an activating group) is 1. The Morgan fingerprint density at radius 1 is 1.27 bits per heavy atom. The predicted molar refractivity (Wildman–Crippen MR) is 67.2 cm³/mol. The van der Waals surface area contributed by atoms with Crippen molar-refractivity contribution < 1.29 is 0 Å². The van der Waals surface area contributed by atoms with Crippen molar-refractivity contribution in [2.45, 2.75) is 52.5 Å². The first kappa shape index (κ1) is 13.0. The maximum Gasteiger partial charge on any atom is 0.0110 e. The maximum atomic E-state index is 3.43.